The van der Waals surface area contributed by atoms with Crippen LogP contribution in [0.15, 0.2) is 18.2 Å². The van der Waals surface area contributed by atoms with Crippen molar-refractivity contribution < 1.29 is 4.21 Å². The van der Waals surface area contributed by atoms with Crippen LogP contribution in [0.25, 0.3) is 11.0 Å². The molecule has 0 spiro atoms. The minimum atomic E-state index is -0.882. The third-order valence-electron chi connectivity index (χ3n) is 3.10. The van der Waals surface area contributed by atoms with Gasteiger partial charge in [-0.05, 0) is 32.0 Å². The van der Waals surface area contributed by atoms with Crippen LogP contribution in [0.1, 0.15) is 25.0 Å². The number of nitrogens with zero attached hydrogens (tertiary/aromatic N) is 2. The number of aromatic nitrogens is 2. The first-order valence-corrected chi connectivity index (χ1v) is 8.45. The van der Waals surface area contributed by atoms with Gasteiger partial charge >= 0.3 is 0 Å². The summed E-state index contributed by atoms with van der Waals surface area (Å²) < 4.78 is 13.6. The van der Waals surface area contributed by atoms with Gasteiger partial charge in [-0.25, -0.2) is 4.98 Å². The third kappa shape index (κ3) is 3.12. The average molecular weight is 319 g/mol. The van der Waals surface area contributed by atoms with Crippen LogP contribution in [0, 0.1) is 0 Å². The second kappa shape index (κ2) is 5.81. The molecular formula is C13H16Cl2N2OS. The number of imidazole rings is 1. The van der Waals surface area contributed by atoms with Crippen molar-refractivity contribution in [3.63, 3.8) is 0 Å². The Labute approximate surface area is 125 Å². The standard InChI is InChI=1S/C13H16Cl2N2OS/c1-8(19(3)18)7-17-12-5-4-10(15)6-11(12)16-13(17)9(2)14/h4-6,8-9H,7H2,1-3H3. The van der Waals surface area contributed by atoms with Crippen molar-refractivity contribution in [3.05, 3.63) is 29.0 Å². The third-order valence-corrected chi connectivity index (χ3v) is 4.81. The highest BCUT2D eigenvalue weighted by Crippen LogP contribution is 2.27. The Balaban J connectivity index is 2.55. The van der Waals surface area contributed by atoms with E-state index in [1.54, 1.807) is 6.26 Å². The molecule has 6 heteroatoms. The van der Waals surface area contributed by atoms with Gasteiger partial charge in [0.05, 0.1) is 16.4 Å². The first-order chi connectivity index (χ1) is 8.90. The summed E-state index contributed by atoms with van der Waals surface area (Å²) in [6.07, 6.45) is 1.71. The normalized spacial score (nSPS) is 16.5. The summed E-state index contributed by atoms with van der Waals surface area (Å²) in [7, 11) is -0.882. The summed E-state index contributed by atoms with van der Waals surface area (Å²) in [6.45, 7) is 4.47. The van der Waals surface area contributed by atoms with Gasteiger partial charge in [0.25, 0.3) is 0 Å². The van der Waals surface area contributed by atoms with Crippen molar-refractivity contribution in [3.8, 4) is 0 Å². The molecule has 0 bridgehead atoms. The smallest absolute Gasteiger partial charge is 0.127 e. The number of rotatable bonds is 4. The zero-order valence-corrected chi connectivity index (χ0v) is 13.4. The molecule has 0 saturated carbocycles. The molecule has 0 aliphatic heterocycles. The summed E-state index contributed by atoms with van der Waals surface area (Å²) in [6, 6.07) is 5.58. The van der Waals surface area contributed by atoms with Crippen LogP contribution in [-0.2, 0) is 17.3 Å². The van der Waals surface area contributed by atoms with Gasteiger partial charge in [-0.15, -0.1) is 11.6 Å². The van der Waals surface area contributed by atoms with E-state index in [1.807, 2.05) is 36.6 Å². The fraction of sp³-hybridized carbons (Fsp3) is 0.462. The minimum Gasteiger partial charge on any atom is -0.326 e. The van der Waals surface area contributed by atoms with E-state index >= 15 is 0 Å². The lowest BCUT2D eigenvalue weighted by atomic mass is 10.3. The minimum absolute atomic E-state index is 0.0437. The van der Waals surface area contributed by atoms with Crippen molar-refractivity contribution in [1.29, 1.82) is 0 Å². The number of benzene rings is 1. The Morgan fingerprint density at radius 1 is 1.42 bits per heavy atom. The van der Waals surface area contributed by atoms with Crippen LogP contribution in [0.4, 0.5) is 0 Å². The Kier molecular flexibility index (Phi) is 4.54. The molecule has 1 aromatic heterocycles. The number of fused-ring (bicyclic) bond motifs is 1. The van der Waals surface area contributed by atoms with E-state index in [4.69, 9.17) is 23.2 Å². The van der Waals surface area contributed by atoms with E-state index in [1.165, 1.54) is 0 Å². The maximum absolute atomic E-state index is 11.6. The molecule has 1 aromatic carbocycles. The second-order valence-corrected chi connectivity index (χ2v) is 7.53. The zero-order valence-electron chi connectivity index (χ0n) is 11.1. The van der Waals surface area contributed by atoms with Gasteiger partial charge in [-0.2, -0.15) is 0 Å². The van der Waals surface area contributed by atoms with Gasteiger partial charge in [-0.1, -0.05) is 11.6 Å². The van der Waals surface area contributed by atoms with E-state index in [2.05, 4.69) is 4.98 Å². The molecule has 0 N–H and O–H groups in total. The number of hydrogen-bond acceptors (Lipinski definition) is 2. The summed E-state index contributed by atoms with van der Waals surface area (Å²) in [5, 5.41) is 0.490. The average Bonchev–Trinajstić information content (AvgIpc) is 2.67. The van der Waals surface area contributed by atoms with Crippen LogP contribution in [0.2, 0.25) is 5.02 Å². The van der Waals surface area contributed by atoms with Crippen LogP contribution < -0.4 is 0 Å². The lowest BCUT2D eigenvalue weighted by molar-refractivity contribution is 0.632. The Morgan fingerprint density at radius 3 is 2.68 bits per heavy atom. The van der Waals surface area contributed by atoms with Gasteiger partial charge in [0.2, 0.25) is 0 Å². The van der Waals surface area contributed by atoms with Crippen molar-refractivity contribution in [2.24, 2.45) is 0 Å². The first-order valence-electron chi connectivity index (χ1n) is 6.02. The lowest BCUT2D eigenvalue weighted by Gasteiger charge is -2.14. The summed E-state index contributed by atoms with van der Waals surface area (Å²) in [5.41, 5.74) is 1.80. The second-order valence-electron chi connectivity index (χ2n) is 4.64. The maximum Gasteiger partial charge on any atom is 0.127 e. The molecule has 0 radical (unpaired) electrons. The zero-order chi connectivity index (χ0) is 14.2. The number of halogens is 2. The molecule has 3 atom stereocenters. The molecule has 19 heavy (non-hydrogen) atoms. The fourth-order valence-electron chi connectivity index (χ4n) is 1.98. The highest BCUT2D eigenvalue weighted by Gasteiger charge is 2.18. The molecule has 0 amide bonds. The molecular weight excluding hydrogens is 303 g/mol. The molecule has 2 rings (SSSR count). The Hall–Kier alpha value is -0.580. The van der Waals surface area contributed by atoms with Crippen molar-refractivity contribution >= 4 is 45.0 Å². The SMILES string of the molecule is CC(Cl)c1nc2cc(Cl)ccc2n1CC(C)S(C)=O. The molecule has 1 heterocycles. The van der Waals surface area contributed by atoms with E-state index in [9.17, 15) is 4.21 Å². The van der Waals surface area contributed by atoms with Crippen molar-refractivity contribution in [2.75, 3.05) is 6.26 Å². The largest absolute Gasteiger partial charge is 0.326 e. The predicted molar refractivity (Wildman–Crippen MR) is 82.5 cm³/mol. The van der Waals surface area contributed by atoms with Gasteiger partial charge in [0, 0.05) is 33.9 Å². The van der Waals surface area contributed by atoms with Crippen LogP contribution in [0.5, 0.6) is 0 Å². The molecule has 0 saturated heterocycles. The molecule has 0 aliphatic carbocycles. The summed E-state index contributed by atoms with van der Waals surface area (Å²) >= 11 is 12.2. The van der Waals surface area contributed by atoms with Crippen LogP contribution in [-0.4, -0.2) is 25.3 Å². The Morgan fingerprint density at radius 2 is 2.11 bits per heavy atom. The van der Waals surface area contributed by atoms with E-state index in [0.717, 1.165) is 16.9 Å². The molecule has 2 aromatic rings. The van der Waals surface area contributed by atoms with E-state index in [0.29, 0.717) is 11.6 Å². The summed E-state index contributed by atoms with van der Waals surface area (Å²) in [5.74, 6) is 0.788. The van der Waals surface area contributed by atoms with Gasteiger partial charge in [0.15, 0.2) is 0 Å². The van der Waals surface area contributed by atoms with Crippen LogP contribution >= 0.6 is 23.2 Å². The highest BCUT2D eigenvalue weighted by atomic mass is 35.5. The number of alkyl halides is 1. The van der Waals surface area contributed by atoms with Gasteiger partial charge in [0.1, 0.15) is 5.82 Å². The molecule has 0 aliphatic rings. The highest BCUT2D eigenvalue weighted by molar-refractivity contribution is 7.84. The molecule has 3 nitrogen and oxygen atoms in total. The first kappa shape index (κ1) is 14.8. The molecule has 3 unspecified atom stereocenters. The fourth-order valence-corrected chi connectivity index (χ4v) is 2.67. The Bertz CT molecular complexity index is 624. The van der Waals surface area contributed by atoms with Gasteiger partial charge < -0.3 is 4.57 Å². The molecule has 104 valence electrons. The quantitative estimate of drug-likeness (QED) is 0.804. The van der Waals surface area contributed by atoms with Gasteiger partial charge in [-0.3, -0.25) is 4.21 Å². The predicted octanol–water partition coefficient (Wildman–Crippen LogP) is 3.76. The van der Waals surface area contributed by atoms with E-state index < -0.39 is 10.8 Å². The van der Waals surface area contributed by atoms with E-state index in [-0.39, 0.29) is 10.6 Å². The lowest BCUT2D eigenvalue weighted by Crippen LogP contribution is -2.19. The van der Waals surface area contributed by atoms with Crippen LogP contribution in [0.3, 0.4) is 0 Å². The summed E-state index contributed by atoms with van der Waals surface area (Å²) in [4.78, 5) is 4.53. The van der Waals surface area contributed by atoms with Crippen molar-refractivity contribution in [1.82, 2.24) is 9.55 Å². The maximum atomic E-state index is 11.6. The topological polar surface area (TPSA) is 34.9 Å². The van der Waals surface area contributed by atoms with Crippen molar-refractivity contribution in [2.45, 2.75) is 31.0 Å². The number of hydrogen-bond donors (Lipinski definition) is 0. The molecule has 0 fully saturated rings. The monoisotopic (exact) mass is 318 g/mol.